The summed E-state index contributed by atoms with van der Waals surface area (Å²) >= 11 is 0. The van der Waals surface area contributed by atoms with Gasteiger partial charge in [0.15, 0.2) is 18.2 Å². The van der Waals surface area contributed by atoms with Crippen LogP contribution in [0.15, 0.2) is 53.6 Å². The fourth-order valence-electron chi connectivity index (χ4n) is 2.58. The summed E-state index contributed by atoms with van der Waals surface area (Å²) in [6.45, 7) is -0.278. The van der Waals surface area contributed by atoms with Crippen molar-refractivity contribution in [1.29, 1.82) is 0 Å². The van der Waals surface area contributed by atoms with Crippen LogP contribution in [0.2, 0.25) is 0 Å². The molecule has 2 aromatic carbocycles. The van der Waals surface area contributed by atoms with Crippen LogP contribution in [-0.4, -0.2) is 18.2 Å². The minimum absolute atomic E-state index is 0.0540. The number of fused-ring (bicyclic) bond motifs is 1. The number of hydrazone groups is 1. The molecule has 1 aliphatic rings. The monoisotopic (exact) mass is 312 g/mol. The smallest absolute Gasteiger partial charge is 0.277 e. The van der Waals surface area contributed by atoms with E-state index in [-0.39, 0.29) is 12.4 Å². The van der Waals surface area contributed by atoms with Crippen LogP contribution in [0.25, 0.3) is 0 Å². The molecule has 0 saturated carbocycles. The van der Waals surface area contributed by atoms with Gasteiger partial charge >= 0.3 is 0 Å². The number of halogens is 1. The maximum absolute atomic E-state index is 13.4. The number of para-hydroxylation sites is 1. The number of ether oxygens (including phenoxy) is 1. The zero-order valence-electron chi connectivity index (χ0n) is 12.6. The second kappa shape index (κ2) is 7.05. The molecule has 118 valence electrons. The Kier molecular flexibility index (Phi) is 4.66. The lowest BCUT2D eigenvalue weighted by Gasteiger charge is -2.17. The summed E-state index contributed by atoms with van der Waals surface area (Å²) in [5.41, 5.74) is 5.67. The van der Waals surface area contributed by atoms with E-state index in [2.05, 4.69) is 16.6 Å². The molecule has 0 spiro atoms. The van der Waals surface area contributed by atoms with Gasteiger partial charge in [0.05, 0.1) is 5.71 Å². The highest BCUT2D eigenvalue weighted by atomic mass is 19.1. The minimum atomic E-state index is -0.493. The van der Waals surface area contributed by atoms with E-state index in [1.807, 2.05) is 18.2 Å². The molecule has 23 heavy (non-hydrogen) atoms. The maximum Gasteiger partial charge on any atom is 0.277 e. The van der Waals surface area contributed by atoms with Crippen molar-refractivity contribution in [2.45, 2.75) is 19.3 Å². The number of nitrogens with zero attached hydrogens (tertiary/aromatic N) is 1. The van der Waals surface area contributed by atoms with Crippen LogP contribution in [0, 0.1) is 5.82 Å². The topological polar surface area (TPSA) is 50.7 Å². The Hall–Kier alpha value is -2.69. The van der Waals surface area contributed by atoms with Gasteiger partial charge in [0.25, 0.3) is 5.91 Å². The third kappa shape index (κ3) is 3.74. The Bertz CT molecular complexity index is 743. The molecular weight excluding hydrogens is 295 g/mol. The quantitative estimate of drug-likeness (QED) is 0.882. The van der Waals surface area contributed by atoms with Crippen LogP contribution in [0.5, 0.6) is 5.75 Å². The third-order valence-corrected chi connectivity index (χ3v) is 3.70. The van der Waals surface area contributed by atoms with Gasteiger partial charge in [0.2, 0.25) is 0 Å². The van der Waals surface area contributed by atoms with Crippen LogP contribution in [0.1, 0.15) is 24.0 Å². The first-order valence-electron chi connectivity index (χ1n) is 7.55. The van der Waals surface area contributed by atoms with Gasteiger partial charge < -0.3 is 4.74 Å². The number of carbonyl (C=O) groups is 1. The second-order valence-electron chi connectivity index (χ2n) is 5.32. The fourth-order valence-corrected chi connectivity index (χ4v) is 2.58. The van der Waals surface area contributed by atoms with E-state index in [0.29, 0.717) is 0 Å². The summed E-state index contributed by atoms with van der Waals surface area (Å²) in [6.07, 6.45) is 2.86. The van der Waals surface area contributed by atoms with Gasteiger partial charge in [-0.25, -0.2) is 9.82 Å². The largest absolute Gasteiger partial charge is 0.481 e. The molecule has 0 aromatic heterocycles. The van der Waals surface area contributed by atoms with Crippen molar-refractivity contribution in [3.05, 3.63) is 65.5 Å². The van der Waals surface area contributed by atoms with E-state index in [1.165, 1.54) is 17.7 Å². The summed E-state index contributed by atoms with van der Waals surface area (Å²) < 4.78 is 18.5. The molecule has 1 N–H and O–H groups in total. The summed E-state index contributed by atoms with van der Waals surface area (Å²) in [5.74, 6) is -0.852. The van der Waals surface area contributed by atoms with E-state index in [0.717, 1.165) is 30.5 Å². The number of hydrogen-bond acceptors (Lipinski definition) is 3. The molecule has 0 bridgehead atoms. The summed E-state index contributed by atoms with van der Waals surface area (Å²) in [5, 5.41) is 4.20. The third-order valence-electron chi connectivity index (χ3n) is 3.70. The molecule has 2 aromatic rings. The number of nitrogens with one attached hydrogen (secondary N) is 1. The lowest BCUT2D eigenvalue weighted by molar-refractivity contribution is -0.123. The maximum atomic E-state index is 13.4. The highest BCUT2D eigenvalue weighted by Crippen LogP contribution is 2.21. The van der Waals surface area contributed by atoms with Crippen LogP contribution in [0.4, 0.5) is 4.39 Å². The van der Waals surface area contributed by atoms with Crippen molar-refractivity contribution >= 4 is 11.6 Å². The first kappa shape index (κ1) is 15.2. The first-order chi connectivity index (χ1) is 11.2. The van der Waals surface area contributed by atoms with Crippen LogP contribution in [-0.2, 0) is 11.2 Å². The van der Waals surface area contributed by atoms with Crippen LogP contribution >= 0.6 is 0 Å². The predicted molar refractivity (Wildman–Crippen MR) is 86.0 cm³/mol. The zero-order chi connectivity index (χ0) is 16.1. The number of aryl methyl sites for hydroxylation is 1. The molecule has 4 nitrogen and oxygen atoms in total. The van der Waals surface area contributed by atoms with E-state index >= 15 is 0 Å². The van der Waals surface area contributed by atoms with Gasteiger partial charge in [0.1, 0.15) is 0 Å². The molecule has 0 radical (unpaired) electrons. The second-order valence-corrected chi connectivity index (χ2v) is 5.32. The highest BCUT2D eigenvalue weighted by molar-refractivity contribution is 6.03. The highest BCUT2D eigenvalue weighted by Gasteiger charge is 2.15. The first-order valence-corrected chi connectivity index (χ1v) is 7.55. The van der Waals surface area contributed by atoms with Gasteiger partial charge in [-0.05, 0) is 37.0 Å². The van der Waals surface area contributed by atoms with Gasteiger partial charge in [-0.15, -0.1) is 0 Å². The van der Waals surface area contributed by atoms with Crippen molar-refractivity contribution in [2.24, 2.45) is 5.10 Å². The van der Waals surface area contributed by atoms with Crippen molar-refractivity contribution in [3.8, 4) is 5.75 Å². The molecule has 1 amide bonds. The molecule has 5 heteroatoms. The normalized spacial score (nSPS) is 15.1. The molecule has 0 saturated heterocycles. The van der Waals surface area contributed by atoms with Gasteiger partial charge in [0, 0.05) is 5.56 Å². The van der Waals surface area contributed by atoms with E-state index in [9.17, 15) is 9.18 Å². The summed E-state index contributed by atoms with van der Waals surface area (Å²) in [4.78, 5) is 11.8. The fraction of sp³-hybridized carbons (Fsp3) is 0.222. The van der Waals surface area contributed by atoms with E-state index in [1.54, 1.807) is 12.1 Å². The molecule has 0 atom stereocenters. The summed E-state index contributed by atoms with van der Waals surface area (Å²) in [6, 6.07) is 14.0. The van der Waals surface area contributed by atoms with Crippen LogP contribution in [0.3, 0.4) is 0 Å². The lowest BCUT2D eigenvalue weighted by Crippen LogP contribution is -2.27. The molecule has 0 heterocycles. The van der Waals surface area contributed by atoms with Gasteiger partial charge in [-0.1, -0.05) is 36.4 Å². The molecule has 3 rings (SSSR count). The van der Waals surface area contributed by atoms with Gasteiger partial charge in [-0.2, -0.15) is 5.10 Å². The Morgan fingerprint density at radius 3 is 2.78 bits per heavy atom. The van der Waals surface area contributed by atoms with Gasteiger partial charge in [-0.3, -0.25) is 4.79 Å². The molecular formula is C18H17FN2O2. The minimum Gasteiger partial charge on any atom is -0.481 e. The Morgan fingerprint density at radius 2 is 1.91 bits per heavy atom. The lowest BCUT2D eigenvalue weighted by atomic mass is 9.90. The predicted octanol–water partition coefficient (Wildman–Crippen LogP) is 3.06. The van der Waals surface area contributed by atoms with Crippen LogP contribution < -0.4 is 10.2 Å². The number of benzene rings is 2. The van der Waals surface area contributed by atoms with Crippen molar-refractivity contribution in [3.63, 3.8) is 0 Å². The number of carbonyl (C=O) groups excluding carboxylic acids is 1. The van der Waals surface area contributed by atoms with Crippen molar-refractivity contribution in [1.82, 2.24) is 5.43 Å². The molecule has 1 aliphatic carbocycles. The van der Waals surface area contributed by atoms with Crippen molar-refractivity contribution in [2.75, 3.05) is 6.61 Å². The van der Waals surface area contributed by atoms with E-state index in [4.69, 9.17) is 4.74 Å². The Labute approximate surface area is 134 Å². The average Bonchev–Trinajstić information content (AvgIpc) is 2.59. The number of rotatable bonds is 4. The average molecular weight is 312 g/mol. The Morgan fingerprint density at radius 1 is 1.13 bits per heavy atom. The molecule has 0 fully saturated rings. The standard InChI is InChI=1S/C18H17FN2O2/c19-15-9-3-4-11-17(15)23-12-18(22)21-20-16-10-5-7-13-6-1-2-8-14(13)16/h1-4,6,8-9,11H,5,7,10,12H2,(H,21,22)/b20-16-. The summed E-state index contributed by atoms with van der Waals surface area (Å²) in [7, 11) is 0. The molecule has 0 aliphatic heterocycles. The van der Waals surface area contributed by atoms with Crippen molar-refractivity contribution < 1.29 is 13.9 Å². The number of hydrogen-bond donors (Lipinski definition) is 1. The SMILES string of the molecule is O=C(COc1ccccc1F)N/N=C1/CCCc2ccccc21. The number of amides is 1. The molecule has 0 unspecified atom stereocenters. The Balaban J connectivity index is 1.60. The van der Waals surface area contributed by atoms with E-state index < -0.39 is 11.7 Å². The zero-order valence-corrected chi connectivity index (χ0v) is 12.6.